The van der Waals surface area contributed by atoms with E-state index < -0.39 is 12.1 Å². The fourth-order valence-corrected chi connectivity index (χ4v) is 3.10. The largest absolute Gasteiger partial charge is 0.493 e. The van der Waals surface area contributed by atoms with Gasteiger partial charge in [-0.1, -0.05) is 32.9 Å². The van der Waals surface area contributed by atoms with Crippen LogP contribution in [0.4, 0.5) is 0 Å². The van der Waals surface area contributed by atoms with Crippen molar-refractivity contribution in [3.63, 3.8) is 0 Å². The van der Waals surface area contributed by atoms with Gasteiger partial charge in [0.2, 0.25) is 0 Å². The van der Waals surface area contributed by atoms with E-state index in [1.165, 1.54) is 7.11 Å². The van der Waals surface area contributed by atoms with Gasteiger partial charge in [-0.05, 0) is 37.5 Å². The van der Waals surface area contributed by atoms with E-state index in [-0.39, 0.29) is 5.41 Å². The van der Waals surface area contributed by atoms with E-state index in [0.29, 0.717) is 19.4 Å². The molecule has 154 valence electrons. The van der Waals surface area contributed by atoms with Crippen LogP contribution in [-0.2, 0) is 27.8 Å². The number of nitrogens with zero attached hydrogens (tertiary/aromatic N) is 1. The Morgan fingerprint density at radius 3 is 2.29 bits per heavy atom. The third-order valence-corrected chi connectivity index (χ3v) is 4.62. The zero-order valence-electron chi connectivity index (χ0n) is 17.9. The van der Waals surface area contributed by atoms with Gasteiger partial charge in [-0.2, -0.15) is 0 Å². The van der Waals surface area contributed by atoms with E-state index in [4.69, 9.17) is 19.0 Å². The number of ether oxygens (including phenoxy) is 2. The molecule has 0 amide bonds. The van der Waals surface area contributed by atoms with Crippen molar-refractivity contribution in [1.29, 1.82) is 0 Å². The Morgan fingerprint density at radius 1 is 1.21 bits per heavy atom. The summed E-state index contributed by atoms with van der Waals surface area (Å²) in [6.45, 7) is 12.6. The number of rotatable bonds is 8. The van der Waals surface area contributed by atoms with Gasteiger partial charge in [-0.3, -0.25) is 0 Å². The van der Waals surface area contributed by atoms with Crippen molar-refractivity contribution in [2.45, 2.75) is 65.9 Å². The summed E-state index contributed by atoms with van der Waals surface area (Å²) >= 11 is 0. The third-order valence-electron chi connectivity index (χ3n) is 4.62. The lowest BCUT2D eigenvalue weighted by Gasteiger charge is -2.16. The van der Waals surface area contributed by atoms with Gasteiger partial charge < -0.3 is 19.0 Å². The zero-order valence-corrected chi connectivity index (χ0v) is 17.9. The number of carbonyl (C=O) groups is 1. The molecule has 1 unspecified atom stereocenters. The number of benzene rings is 1. The molecule has 6 heteroatoms. The van der Waals surface area contributed by atoms with Gasteiger partial charge in [0.15, 0.2) is 12.0 Å². The van der Waals surface area contributed by atoms with Crippen molar-refractivity contribution in [3.8, 4) is 5.75 Å². The van der Waals surface area contributed by atoms with Crippen molar-refractivity contribution in [2.75, 3.05) is 13.7 Å². The van der Waals surface area contributed by atoms with Crippen molar-refractivity contribution >= 4 is 5.97 Å². The maximum Gasteiger partial charge on any atom is 0.333 e. The number of methoxy groups -OCH3 is 1. The quantitative estimate of drug-likeness (QED) is 0.730. The zero-order chi connectivity index (χ0) is 21.1. The molecule has 0 fully saturated rings. The highest BCUT2D eigenvalue weighted by molar-refractivity contribution is 5.72. The summed E-state index contributed by atoms with van der Waals surface area (Å²) in [5.41, 5.74) is 3.66. The fourth-order valence-electron chi connectivity index (χ4n) is 3.10. The maximum absolute atomic E-state index is 11.2. The predicted molar refractivity (Wildman–Crippen MR) is 107 cm³/mol. The first-order valence-electron chi connectivity index (χ1n) is 9.48. The van der Waals surface area contributed by atoms with E-state index >= 15 is 0 Å². The molecule has 28 heavy (non-hydrogen) atoms. The van der Waals surface area contributed by atoms with Crippen molar-refractivity contribution < 1.29 is 23.8 Å². The van der Waals surface area contributed by atoms with Crippen LogP contribution in [0.1, 0.15) is 54.8 Å². The minimum Gasteiger partial charge on any atom is -0.493 e. The first-order valence-corrected chi connectivity index (χ1v) is 9.48. The summed E-state index contributed by atoms with van der Waals surface area (Å²) in [6, 6.07) is 3.91. The van der Waals surface area contributed by atoms with E-state index in [9.17, 15) is 4.79 Å². The molecule has 0 radical (unpaired) electrons. The first kappa shape index (κ1) is 22.0. The molecule has 0 spiro atoms. The van der Waals surface area contributed by atoms with Crippen LogP contribution in [0.3, 0.4) is 0 Å². The summed E-state index contributed by atoms with van der Waals surface area (Å²) in [4.78, 5) is 15.8. The molecule has 0 bridgehead atoms. The second-order valence-electron chi connectivity index (χ2n) is 8.20. The number of aryl methyl sites for hydroxylation is 3. The van der Waals surface area contributed by atoms with Gasteiger partial charge in [0.1, 0.15) is 11.5 Å². The molecule has 1 aromatic heterocycles. The predicted octanol–water partition coefficient (Wildman–Crippen LogP) is 4.16. The molecule has 0 aliphatic heterocycles. The summed E-state index contributed by atoms with van der Waals surface area (Å²) in [5, 5.41) is 9.16. The minimum absolute atomic E-state index is 0.122. The lowest BCUT2D eigenvalue weighted by atomic mass is 9.97. The van der Waals surface area contributed by atoms with Crippen LogP contribution in [0.15, 0.2) is 16.5 Å². The molecule has 0 saturated heterocycles. The van der Waals surface area contributed by atoms with Gasteiger partial charge in [-0.15, -0.1) is 0 Å². The van der Waals surface area contributed by atoms with Crippen LogP contribution in [0.2, 0.25) is 0 Å². The normalized spacial score (nSPS) is 12.8. The van der Waals surface area contributed by atoms with Crippen LogP contribution in [0, 0.1) is 20.8 Å². The molecule has 1 aromatic carbocycles. The second kappa shape index (κ2) is 8.78. The van der Waals surface area contributed by atoms with Crippen LogP contribution in [0.5, 0.6) is 5.75 Å². The molecule has 2 rings (SSSR count). The standard InChI is InChI=1S/C22H31NO5/c1-13-10-16(12-18(26-7)20(24)25)11-14(2)19(13)27-9-8-17-15(3)28-21(23-17)22(4,5)6/h10-11,18H,8-9,12H2,1-7H3,(H,24,25). The Labute approximate surface area is 166 Å². The molecule has 0 aliphatic rings. The number of hydrogen-bond donors (Lipinski definition) is 1. The average molecular weight is 389 g/mol. The number of hydrogen-bond acceptors (Lipinski definition) is 5. The summed E-state index contributed by atoms with van der Waals surface area (Å²) < 4.78 is 16.8. The third kappa shape index (κ3) is 5.35. The Kier molecular flexibility index (Phi) is 6.88. The van der Waals surface area contributed by atoms with Gasteiger partial charge in [0, 0.05) is 25.4 Å². The second-order valence-corrected chi connectivity index (χ2v) is 8.20. The molecule has 6 nitrogen and oxygen atoms in total. The maximum atomic E-state index is 11.2. The number of aromatic nitrogens is 1. The van der Waals surface area contributed by atoms with Gasteiger partial charge in [0.25, 0.3) is 0 Å². The van der Waals surface area contributed by atoms with Crippen LogP contribution < -0.4 is 4.74 Å². The molecule has 1 heterocycles. The molecular formula is C22H31NO5. The lowest BCUT2D eigenvalue weighted by molar-refractivity contribution is -0.148. The number of aliphatic carboxylic acids is 1. The molecule has 2 aromatic rings. The molecule has 1 atom stereocenters. The first-order chi connectivity index (χ1) is 13.0. The minimum atomic E-state index is -0.962. The number of carboxylic acids is 1. The molecule has 1 N–H and O–H groups in total. The number of oxazole rings is 1. The lowest BCUT2D eigenvalue weighted by Crippen LogP contribution is -2.24. The summed E-state index contributed by atoms with van der Waals surface area (Å²) in [5.74, 6) is 1.43. The van der Waals surface area contributed by atoms with Crippen molar-refractivity contribution in [3.05, 3.63) is 46.2 Å². The van der Waals surface area contributed by atoms with Crippen molar-refractivity contribution in [1.82, 2.24) is 4.98 Å². The summed E-state index contributed by atoms with van der Waals surface area (Å²) in [7, 11) is 1.41. The van der Waals surface area contributed by atoms with Crippen molar-refractivity contribution in [2.24, 2.45) is 0 Å². The topological polar surface area (TPSA) is 81.8 Å². The smallest absolute Gasteiger partial charge is 0.333 e. The van der Waals surface area contributed by atoms with Crippen LogP contribution >= 0.6 is 0 Å². The highest BCUT2D eigenvalue weighted by atomic mass is 16.5. The molecular weight excluding hydrogens is 358 g/mol. The summed E-state index contributed by atoms with van der Waals surface area (Å²) in [6.07, 6.45) is 0.135. The molecule has 0 aliphatic carbocycles. The Morgan fingerprint density at radius 2 is 1.82 bits per heavy atom. The Hall–Kier alpha value is -2.34. The number of carboxylic acid groups (broad SMARTS) is 1. The van der Waals surface area contributed by atoms with E-state index in [0.717, 1.165) is 39.8 Å². The Balaban J connectivity index is 2.05. The van der Waals surface area contributed by atoms with E-state index in [1.54, 1.807) is 0 Å². The van der Waals surface area contributed by atoms with E-state index in [1.807, 2.05) is 32.9 Å². The SMILES string of the molecule is COC(Cc1cc(C)c(OCCc2nc(C(C)(C)C)oc2C)c(C)c1)C(=O)O. The van der Waals surface area contributed by atoms with Gasteiger partial charge in [-0.25, -0.2) is 9.78 Å². The highest BCUT2D eigenvalue weighted by Crippen LogP contribution is 2.27. The van der Waals surface area contributed by atoms with E-state index in [2.05, 4.69) is 25.8 Å². The monoisotopic (exact) mass is 389 g/mol. The average Bonchev–Trinajstić information content (AvgIpc) is 2.96. The molecule has 0 saturated carbocycles. The van der Waals surface area contributed by atoms with Crippen LogP contribution in [0.25, 0.3) is 0 Å². The van der Waals surface area contributed by atoms with Gasteiger partial charge in [0.05, 0.1) is 12.3 Å². The fraction of sp³-hybridized carbons (Fsp3) is 0.545. The van der Waals surface area contributed by atoms with Gasteiger partial charge >= 0.3 is 5.97 Å². The highest BCUT2D eigenvalue weighted by Gasteiger charge is 2.22. The Bertz CT molecular complexity index is 809. The van der Waals surface area contributed by atoms with Crippen LogP contribution in [-0.4, -0.2) is 35.9 Å².